The number of carbonyl (C=O) groups is 1. The minimum atomic E-state index is 0.0138. The third-order valence-corrected chi connectivity index (χ3v) is 4.35. The monoisotopic (exact) mass is 319 g/mol. The molecular formula is C17H15Cl2NO. The fourth-order valence-electron chi connectivity index (χ4n) is 2.33. The van der Waals surface area contributed by atoms with E-state index in [1.807, 2.05) is 35.2 Å². The van der Waals surface area contributed by atoms with Crippen molar-refractivity contribution < 1.29 is 4.79 Å². The molecule has 0 bridgehead atoms. The maximum atomic E-state index is 12.7. The van der Waals surface area contributed by atoms with Crippen molar-refractivity contribution in [3.8, 4) is 0 Å². The molecular weight excluding hydrogens is 305 g/mol. The molecule has 0 radical (unpaired) electrons. The van der Waals surface area contributed by atoms with E-state index in [4.69, 9.17) is 23.2 Å². The molecule has 1 aliphatic carbocycles. The van der Waals surface area contributed by atoms with E-state index in [9.17, 15) is 4.79 Å². The smallest absolute Gasteiger partial charge is 0.254 e. The van der Waals surface area contributed by atoms with Crippen LogP contribution in [0, 0.1) is 0 Å². The third kappa shape index (κ3) is 3.39. The van der Waals surface area contributed by atoms with Crippen LogP contribution in [0.1, 0.15) is 28.8 Å². The second-order valence-corrected chi connectivity index (χ2v) is 6.09. The average Bonchev–Trinajstić information content (AvgIpc) is 3.33. The van der Waals surface area contributed by atoms with Crippen molar-refractivity contribution in [2.24, 2.45) is 0 Å². The molecule has 2 nitrogen and oxygen atoms in total. The van der Waals surface area contributed by atoms with Crippen LogP contribution in [0.15, 0.2) is 48.5 Å². The van der Waals surface area contributed by atoms with Crippen LogP contribution in [0.2, 0.25) is 10.0 Å². The van der Waals surface area contributed by atoms with Gasteiger partial charge in [-0.05, 0) is 36.6 Å². The first-order valence-corrected chi connectivity index (χ1v) is 7.70. The molecule has 0 unspecified atom stereocenters. The first-order chi connectivity index (χ1) is 10.1. The molecule has 0 heterocycles. The summed E-state index contributed by atoms with van der Waals surface area (Å²) >= 11 is 11.9. The fourth-order valence-corrected chi connectivity index (χ4v) is 2.63. The van der Waals surface area contributed by atoms with E-state index in [2.05, 4.69) is 0 Å². The minimum absolute atomic E-state index is 0.0138. The molecule has 0 N–H and O–H groups in total. The van der Waals surface area contributed by atoms with Crippen LogP contribution < -0.4 is 0 Å². The Morgan fingerprint density at radius 3 is 2.38 bits per heavy atom. The van der Waals surface area contributed by atoms with Gasteiger partial charge in [-0.25, -0.2) is 0 Å². The topological polar surface area (TPSA) is 20.3 Å². The molecule has 0 aromatic heterocycles. The van der Waals surface area contributed by atoms with Gasteiger partial charge in [-0.15, -0.1) is 0 Å². The Kier molecular flexibility index (Phi) is 4.18. The summed E-state index contributed by atoms with van der Waals surface area (Å²) in [5.74, 6) is 0.0138. The van der Waals surface area contributed by atoms with Crippen LogP contribution in [-0.4, -0.2) is 16.8 Å². The van der Waals surface area contributed by atoms with Crippen molar-refractivity contribution in [3.05, 3.63) is 69.7 Å². The van der Waals surface area contributed by atoms with Crippen LogP contribution in [0.5, 0.6) is 0 Å². The zero-order valence-electron chi connectivity index (χ0n) is 11.4. The van der Waals surface area contributed by atoms with Crippen LogP contribution in [0.3, 0.4) is 0 Å². The van der Waals surface area contributed by atoms with E-state index < -0.39 is 0 Å². The maximum Gasteiger partial charge on any atom is 0.254 e. The number of halogens is 2. The van der Waals surface area contributed by atoms with Crippen molar-refractivity contribution in [1.82, 2.24) is 4.90 Å². The van der Waals surface area contributed by atoms with Gasteiger partial charge in [0.05, 0.1) is 10.0 Å². The highest BCUT2D eigenvalue weighted by molar-refractivity contribution is 6.42. The Morgan fingerprint density at radius 1 is 1.05 bits per heavy atom. The SMILES string of the molecule is O=C(c1ccc(Cl)c(Cl)c1)N(Cc1ccccc1)C1CC1. The molecule has 0 atom stereocenters. The predicted octanol–water partition coefficient (Wildman–Crippen LogP) is 4.80. The first-order valence-electron chi connectivity index (χ1n) is 6.95. The summed E-state index contributed by atoms with van der Waals surface area (Å²) in [5, 5.41) is 0.882. The molecule has 21 heavy (non-hydrogen) atoms. The Bertz CT molecular complexity index is 653. The van der Waals surface area contributed by atoms with Gasteiger partial charge >= 0.3 is 0 Å². The molecule has 3 rings (SSSR count). The zero-order valence-corrected chi connectivity index (χ0v) is 12.9. The van der Waals surface area contributed by atoms with Crippen molar-refractivity contribution in [2.45, 2.75) is 25.4 Å². The molecule has 1 aliphatic rings. The van der Waals surface area contributed by atoms with Crippen molar-refractivity contribution >= 4 is 29.1 Å². The summed E-state index contributed by atoms with van der Waals surface area (Å²) in [7, 11) is 0. The zero-order chi connectivity index (χ0) is 14.8. The van der Waals surface area contributed by atoms with Crippen LogP contribution in [0.4, 0.5) is 0 Å². The van der Waals surface area contributed by atoms with Crippen LogP contribution in [0.25, 0.3) is 0 Å². The lowest BCUT2D eigenvalue weighted by molar-refractivity contribution is 0.0730. The number of rotatable bonds is 4. The second kappa shape index (κ2) is 6.08. The van der Waals surface area contributed by atoms with E-state index in [0.717, 1.165) is 18.4 Å². The molecule has 1 fully saturated rings. The lowest BCUT2D eigenvalue weighted by Crippen LogP contribution is -2.32. The lowest BCUT2D eigenvalue weighted by Gasteiger charge is -2.23. The van der Waals surface area contributed by atoms with E-state index in [-0.39, 0.29) is 5.91 Å². The summed E-state index contributed by atoms with van der Waals surface area (Å²) < 4.78 is 0. The molecule has 108 valence electrons. The fraction of sp³-hybridized carbons (Fsp3) is 0.235. The summed E-state index contributed by atoms with van der Waals surface area (Å²) in [6.45, 7) is 0.630. The Balaban J connectivity index is 1.83. The quantitative estimate of drug-likeness (QED) is 0.792. The number of nitrogens with zero attached hydrogens (tertiary/aromatic N) is 1. The van der Waals surface area contributed by atoms with Crippen molar-refractivity contribution in [1.29, 1.82) is 0 Å². The number of amides is 1. The number of benzene rings is 2. The molecule has 1 amide bonds. The van der Waals surface area contributed by atoms with Crippen molar-refractivity contribution in [3.63, 3.8) is 0 Å². The van der Waals surface area contributed by atoms with Gasteiger partial charge in [-0.1, -0.05) is 53.5 Å². The first kappa shape index (κ1) is 14.4. The highest BCUT2D eigenvalue weighted by atomic mass is 35.5. The summed E-state index contributed by atoms with van der Waals surface area (Å²) in [6, 6.07) is 15.4. The lowest BCUT2D eigenvalue weighted by atomic mass is 10.1. The Hall–Kier alpha value is -1.51. The summed E-state index contributed by atoms with van der Waals surface area (Å²) in [6.07, 6.45) is 2.14. The van der Waals surface area contributed by atoms with Gasteiger partial charge < -0.3 is 4.90 Å². The Labute approximate surface area is 134 Å². The van der Waals surface area contributed by atoms with Gasteiger partial charge in [-0.2, -0.15) is 0 Å². The number of hydrogen-bond acceptors (Lipinski definition) is 1. The Morgan fingerprint density at radius 2 is 1.76 bits per heavy atom. The van der Waals surface area contributed by atoms with E-state index in [1.54, 1.807) is 18.2 Å². The van der Waals surface area contributed by atoms with E-state index in [0.29, 0.717) is 28.2 Å². The summed E-state index contributed by atoms with van der Waals surface area (Å²) in [4.78, 5) is 14.6. The van der Waals surface area contributed by atoms with Crippen molar-refractivity contribution in [2.75, 3.05) is 0 Å². The molecule has 0 spiro atoms. The number of carbonyl (C=O) groups excluding carboxylic acids is 1. The maximum absolute atomic E-state index is 12.7. The molecule has 4 heteroatoms. The molecule has 2 aromatic carbocycles. The standard InChI is InChI=1S/C17H15Cl2NO/c18-15-9-6-13(10-16(15)19)17(21)20(14-7-8-14)11-12-4-2-1-3-5-12/h1-6,9-10,14H,7-8,11H2. The minimum Gasteiger partial charge on any atom is -0.331 e. The number of hydrogen-bond donors (Lipinski definition) is 0. The largest absolute Gasteiger partial charge is 0.331 e. The van der Waals surface area contributed by atoms with Gasteiger partial charge in [0.15, 0.2) is 0 Å². The predicted molar refractivity (Wildman–Crippen MR) is 85.8 cm³/mol. The highest BCUT2D eigenvalue weighted by Crippen LogP contribution is 2.31. The van der Waals surface area contributed by atoms with Gasteiger partial charge in [0.2, 0.25) is 0 Å². The molecule has 0 aliphatic heterocycles. The second-order valence-electron chi connectivity index (χ2n) is 5.28. The van der Waals surface area contributed by atoms with Crippen LogP contribution in [-0.2, 0) is 6.54 Å². The van der Waals surface area contributed by atoms with E-state index >= 15 is 0 Å². The van der Waals surface area contributed by atoms with Gasteiger partial charge in [0.1, 0.15) is 0 Å². The van der Waals surface area contributed by atoms with Gasteiger partial charge in [0.25, 0.3) is 5.91 Å². The third-order valence-electron chi connectivity index (χ3n) is 3.61. The molecule has 2 aromatic rings. The highest BCUT2D eigenvalue weighted by Gasteiger charge is 2.33. The normalized spacial score (nSPS) is 14.0. The molecule has 1 saturated carbocycles. The van der Waals surface area contributed by atoms with E-state index in [1.165, 1.54) is 0 Å². The average molecular weight is 320 g/mol. The van der Waals surface area contributed by atoms with Gasteiger partial charge in [-0.3, -0.25) is 4.79 Å². The van der Waals surface area contributed by atoms with Gasteiger partial charge in [0, 0.05) is 18.2 Å². The summed E-state index contributed by atoms with van der Waals surface area (Å²) in [5.41, 5.74) is 1.73. The molecule has 0 saturated heterocycles. The van der Waals surface area contributed by atoms with Crippen LogP contribution >= 0.6 is 23.2 Å².